The first-order chi connectivity index (χ1) is 9.45. The van der Waals surface area contributed by atoms with E-state index in [0.29, 0.717) is 11.8 Å². The van der Waals surface area contributed by atoms with Gasteiger partial charge in [0.25, 0.3) is 0 Å². The molecule has 0 bridgehead atoms. The van der Waals surface area contributed by atoms with E-state index in [1.807, 2.05) is 0 Å². The summed E-state index contributed by atoms with van der Waals surface area (Å²) in [5.74, 6) is 1.09. The summed E-state index contributed by atoms with van der Waals surface area (Å²) in [4.78, 5) is 0. The molecule has 0 heteroatoms. The van der Waals surface area contributed by atoms with E-state index in [-0.39, 0.29) is 0 Å². The zero-order valence-corrected chi connectivity index (χ0v) is 13.5. The Balaban J connectivity index is 2.17. The maximum absolute atomic E-state index is 2.36. The Morgan fingerprint density at radius 2 is 1.30 bits per heavy atom. The van der Waals surface area contributed by atoms with Crippen LogP contribution in [0.25, 0.3) is 5.57 Å². The Labute approximate surface area is 122 Å². The van der Waals surface area contributed by atoms with Crippen molar-refractivity contribution in [3.8, 4) is 0 Å². The third kappa shape index (κ3) is 1.60. The van der Waals surface area contributed by atoms with Crippen molar-refractivity contribution in [2.45, 2.75) is 47.5 Å². The van der Waals surface area contributed by atoms with Gasteiger partial charge in [0.1, 0.15) is 0 Å². The second-order valence-corrected chi connectivity index (χ2v) is 6.42. The van der Waals surface area contributed by atoms with Crippen LogP contribution in [0.4, 0.5) is 0 Å². The second-order valence-electron chi connectivity index (χ2n) is 6.42. The topological polar surface area (TPSA) is 0 Å². The van der Waals surface area contributed by atoms with Crippen LogP contribution in [0.1, 0.15) is 58.6 Å². The van der Waals surface area contributed by atoms with Crippen LogP contribution in [-0.2, 0) is 0 Å². The van der Waals surface area contributed by atoms with E-state index in [4.69, 9.17) is 0 Å². The summed E-state index contributed by atoms with van der Waals surface area (Å²) >= 11 is 0. The largest absolute Gasteiger partial charge is 0.0629 e. The first-order valence-electron chi connectivity index (χ1n) is 7.64. The first-order valence-corrected chi connectivity index (χ1v) is 7.64. The van der Waals surface area contributed by atoms with Gasteiger partial charge in [-0.1, -0.05) is 43.7 Å². The van der Waals surface area contributed by atoms with E-state index in [9.17, 15) is 0 Å². The van der Waals surface area contributed by atoms with Crippen LogP contribution in [-0.4, -0.2) is 0 Å². The lowest BCUT2D eigenvalue weighted by atomic mass is 9.84. The van der Waals surface area contributed by atoms with Crippen LogP contribution in [0.15, 0.2) is 52.1 Å². The summed E-state index contributed by atoms with van der Waals surface area (Å²) in [5.41, 5.74) is 12.1. The van der Waals surface area contributed by atoms with Gasteiger partial charge in [0.15, 0.2) is 0 Å². The number of hydrogen-bond donors (Lipinski definition) is 0. The van der Waals surface area contributed by atoms with Crippen molar-refractivity contribution in [1.29, 1.82) is 0 Å². The van der Waals surface area contributed by atoms with Crippen molar-refractivity contribution in [2.75, 3.05) is 0 Å². The minimum Gasteiger partial charge on any atom is -0.0629 e. The molecule has 2 atom stereocenters. The van der Waals surface area contributed by atoms with Crippen LogP contribution in [0, 0.1) is 5.92 Å². The second kappa shape index (κ2) is 4.48. The molecule has 104 valence electrons. The standard InChI is InChI=1S/C20H24/c1-11-12(2)14(4)19(13(11)3)20-15(5)17-9-7-8-10-18(17)16(20)6/h7-10,13,15H,1-6H3. The van der Waals surface area contributed by atoms with E-state index in [0.717, 1.165) is 0 Å². The predicted molar refractivity (Wildman–Crippen MR) is 87.7 cm³/mol. The highest BCUT2D eigenvalue weighted by atomic mass is 14.4. The van der Waals surface area contributed by atoms with E-state index in [2.05, 4.69) is 65.8 Å². The number of allylic oxidation sites excluding steroid dienone is 6. The van der Waals surface area contributed by atoms with Crippen molar-refractivity contribution in [1.82, 2.24) is 0 Å². The van der Waals surface area contributed by atoms with E-state index in [1.165, 1.54) is 27.8 Å². The predicted octanol–water partition coefficient (Wildman–Crippen LogP) is 5.88. The van der Waals surface area contributed by atoms with Crippen molar-refractivity contribution in [3.05, 3.63) is 63.3 Å². The third-order valence-corrected chi connectivity index (χ3v) is 5.60. The molecule has 0 N–H and O–H groups in total. The number of fused-ring (bicyclic) bond motifs is 1. The molecule has 0 saturated carbocycles. The number of benzene rings is 1. The molecule has 0 saturated heterocycles. The van der Waals surface area contributed by atoms with Gasteiger partial charge in [-0.25, -0.2) is 0 Å². The zero-order valence-electron chi connectivity index (χ0n) is 13.5. The highest BCUT2D eigenvalue weighted by Crippen LogP contribution is 2.51. The van der Waals surface area contributed by atoms with E-state index < -0.39 is 0 Å². The molecule has 1 aromatic carbocycles. The Hall–Kier alpha value is -1.56. The van der Waals surface area contributed by atoms with Crippen LogP contribution in [0.2, 0.25) is 0 Å². The molecule has 0 heterocycles. The fraction of sp³-hybridized carbons (Fsp3) is 0.400. The molecule has 0 aliphatic heterocycles. The SMILES string of the molecule is CC1=C(C)C(C)C(C2=C(C)c3ccccc3C2C)=C1C. The quantitative estimate of drug-likeness (QED) is 0.594. The summed E-state index contributed by atoms with van der Waals surface area (Å²) in [5, 5.41) is 0. The summed E-state index contributed by atoms with van der Waals surface area (Å²) in [7, 11) is 0. The molecule has 20 heavy (non-hydrogen) atoms. The molecule has 0 aromatic heterocycles. The summed E-state index contributed by atoms with van der Waals surface area (Å²) in [6.45, 7) is 13.9. The van der Waals surface area contributed by atoms with Crippen LogP contribution < -0.4 is 0 Å². The van der Waals surface area contributed by atoms with Gasteiger partial charge in [-0.2, -0.15) is 0 Å². The molecule has 2 aliphatic carbocycles. The lowest BCUT2D eigenvalue weighted by Gasteiger charge is -2.20. The highest BCUT2D eigenvalue weighted by molar-refractivity contribution is 5.82. The molecule has 0 fully saturated rings. The Morgan fingerprint density at radius 3 is 1.85 bits per heavy atom. The first kappa shape index (κ1) is 13.4. The molecular formula is C20H24. The summed E-state index contributed by atoms with van der Waals surface area (Å²) in [6.07, 6.45) is 0. The number of rotatable bonds is 1. The van der Waals surface area contributed by atoms with Gasteiger partial charge in [-0.05, 0) is 66.7 Å². The minimum atomic E-state index is 0.525. The zero-order chi connectivity index (χ0) is 14.6. The average molecular weight is 264 g/mol. The molecule has 0 radical (unpaired) electrons. The Bertz CT molecular complexity index is 680. The van der Waals surface area contributed by atoms with Crippen LogP contribution in [0.5, 0.6) is 0 Å². The maximum atomic E-state index is 2.36. The van der Waals surface area contributed by atoms with Crippen LogP contribution >= 0.6 is 0 Å². The fourth-order valence-electron chi connectivity index (χ4n) is 4.08. The van der Waals surface area contributed by atoms with Crippen LogP contribution in [0.3, 0.4) is 0 Å². The van der Waals surface area contributed by atoms with E-state index >= 15 is 0 Å². The average Bonchev–Trinajstić information content (AvgIpc) is 2.80. The third-order valence-electron chi connectivity index (χ3n) is 5.60. The van der Waals surface area contributed by atoms with Gasteiger partial charge in [0.2, 0.25) is 0 Å². The molecule has 0 spiro atoms. The molecule has 2 aliphatic rings. The van der Waals surface area contributed by atoms with Gasteiger partial charge in [-0.15, -0.1) is 0 Å². The van der Waals surface area contributed by atoms with Gasteiger partial charge in [0, 0.05) is 11.8 Å². The van der Waals surface area contributed by atoms with Crippen molar-refractivity contribution < 1.29 is 0 Å². The van der Waals surface area contributed by atoms with Gasteiger partial charge >= 0.3 is 0 Å². The minimum absolute atomic E-state index is 0.525. The summed E-state index contributed by atoms with van der Waals surface area (Å²) in [6, 6.07) is 8.89. The van der Waals surface area contributed by atoms with Gasteiger partial charge in [0.05, 0.1) is 0 Å². The molecule has 1 aromatic rings. The Morgan fingerprint density at radius 1 is 0.700 bits per heavy atom. The molecule has 0 nitrogen and oxygen atoms in total. The van der Waals surface area contributed by atoms with Gasteiger partial charge < -0.3 is 0 Å². The normalized spacial score (nSPS) is 25.9. The van der Waals surface area contributed by atoms with Crippen molar-refractivity contribution in [3.63, 3.8) is 0 Å². The monoisotopic (exact) mass is 264 g/mol. The van der Waals surface area contributed by atoms with E-state index in [1.54, 1.807) is 16.7 Å². The van der Waals surface area contributed by atoms with Gasteiger partial charge in [-0.3, -0.25) is 0 Å². The molecule has 0 amide bonds. The van der Waals surface area contributed by atoms with Crippen molar-refractivity contribution >= 4 is 5.57 Å². The van der Waals surface area contributed by atoms with Crippen molar-refractivity contribution in [2.24, 2.45) is 5.92 Å². The molecular weight excluding hydrogens is 240 g/mol. The lowest BCUT2D eigenvalue weighted by molar-refractivity contribution is 0.788. The smallest absolute Gasteiger partial charge is 0.00729 e. The molecule has 3 rings (SSSR count). The molecule has 2 unspecified atom stereocenters. The summed E-state index contributed by atoms with van der Waals surface area (Å²) < 4.78 is 0. The lowest BCUT2D eigenvalue weighted by Crippen LogP contribution is -2.05. The fourth-order valence-corrected chi connectivity index (χ4v) is 4.08. The Kier molecular flexibility index (Phi) is 3.01. The maximum Gasteiger partial charge on any atom is 0.00729 e. The number of hydrogen-bond acceptors (Lipinski definition) is 0. The highest BCUT2D eigenvalue weighted by Gasteiger charge is 2.34.